The van der Waals surface area contributed by atoms with Crippen LogP contribution in [0.5, 0.6) is 5.75 Å². The van der Waals surface area contributed by atoms with Gasteiger partial charge in [-0.3, -0.25) is 0 Å². The van der Waals surface area contributed by atoms with Crippen molar-refractivity contribution < 1.29 is 15.0 Å². The van der Waals surface area contributed by atoms with Crippen LogP contribution in [0.4, 0.5) is 0 Å². The van der Waals surface area contributed by atoms with Crippen molar-refractivity contribution in [2.24, 2.45) is 0 Å². The van der Waals surface area contributed by atoms with E-state index >= 15 is 0 Å². The van der Waals surface area contributed by atoms with E-state index in [2.05, 4.69) is 0 Å². The van der Waals surface area contributed by atoms with Crippen LogP contribution in [0.15, 0.2) is 18.2 Å². The van der Waals surface area contributed by atoms with Gasteiger partial charge in [0.2, 0.25) is 0 Å². The molecule has 0 aromatic heterocycles. The third kappa shape index (κ3) is 1.56. The zero-order chi connectivity index (χ0) is 9.14. The number of carbonyl (C=O) groups is 1. The largest absolute Gasteiger partial charge is 0.508 e. The zero-order valence-corrected chi connectivity index (χ0v) is 6.74. The fraction of sp³-hybridized carbons (Fsp3) is 0.222. The van der Waals surface area contributed by atoms with Gasteiger partial charge in [0.25, 0.3) is 0 Å². The van der Waals surface area contributed by atoms with E-state index in [4.69, 9.17) is 10.2 Å². The van der Waals surface area contributed by atoms with Crippen LogP contribution in [0.2, 0.25) is 0 Å². The molecule has 3 nitrogen and oxygen atoms in total. The van der Waals surface area contributed by atoms with Crippen LogP contribution >= 0.6 is 0 Å². The maximum absolute atomic E-state index is 10.6. The predicted molar refractivity (Wildman–Crippen MR) is 44.4 cm³/mol. The van der Waals surface area contributed by atoms with Crippen molar-refractivity contribution in [2.45, 2.75) is 13.3 Å². The van der Waals surface area contributed by atoms with Crippen LogP contribution in [0.25, 0.3) is 0 Å². The molecule has 0 atom stereocenters. The lowest BCUT2D eigenvalue weighted by Crippen LogP contribution is -2.00. The van der Waals surface area contributed by atoms with Crippen molar-refractivity contribution >= 4 is 5.97 Å². The Bertz CT molecular complexity index is 305. The normalized spacial score (nSPS) is 9.75. The average Bonchev–Trinajstić information content (AvgIpc) is 2.03. The molecule has 0 radical (unpaired) electrons. The second-order valence-corrected chi connectivity index (χ2v) is 2.50. The maximum atomic E-state index is 10.6. The van der Waals surface area contributed by atoms with Gasteiger partial charge in [0, 0.05) is 0 Å². The molecule has 0 aliphatic heterocycles. The van der Waals surface area contributed by atoms with E-state index in [1.807, 2.05) is 6.92 Å². The second kappa shape index (κ2) is 3.26. The molecular weight excluding hydrogens is 156 g/mol. The number of aromatic hydroxyl groups is 1. The molecule has 0 unspecified atom stereocenters. The van der Waals surface area contributed by atoms with Crippen molar-refractivity contribution in [2.75, 3.05) is 0 Å². The molecule has 0 aliphatic carbocycles. The van der Waals surface area contributed by atoms with Crippen LogP contribution in [-0.2, 0) is 6.42 Å². The van der Waals surface area contributed by atoms with Crippen LogP contribution in [0.3, 0.4) is 0 Å². The molecule has 1 rings (SSSR count). The number of aryl methyl sites for hydroxylation is 1. The summed E-state index contributed by atoms with van der Waals surface area (Å²) in [6.07, 6.45) is 0.607. The number of hydrogen-bond acceptors (Lipinski definition) is 2. The third-order valence-electron chi connectivity index (χ3n) is 1.70. The topological polar surface area (TPSA) is 57.5 Å². The van der Waals surface area contributed by atoms with Gasteiger partial charge in [0.15, 0.2) is 0 Å². The Morgan fingerprint density at radius 2 is 2.17 bits per heavy atom. The first-order valence-electron chi connectivity index (χ1n) is 3.70. The van der Waals surface area contributed by atoms with Crippen LogP contribution in [-0.4, -0.2) is 16.2 Å². The summed E-state index contributed by atoms with van der Waals surface area (Å²) in [5.41, 5.74) is 0.915. The Balaban J connectivity index is 3.20. The smallest absolute Gasteiger partial charge is 0.335 e. The Labute approximate surface area is 70.3 Å². The quantitative estimate of drug-likeness (QED) is 0.702. The molecule has 3 heteroatoms. The van der Waals surface area contributed by atoms with Crippen molar-refractivity contribution in [1.82, 2.24) is 0 Å². The summed E-state index contributed by atoms with van der Waals surface area (Å²) in [5, 5.41) is 17.8. The van der Waals surface area contributed by atoms with Gasteiger partial charge in [-0.1, -0.05) is 6.92 Å². The van der Waals surface area contributed by atoms with E-state index in [9.17, 15) is 4.79 Å². The summed E-state index contributed by atoms with van der Waals surface area (Å²) in [7, 11) is 0. The number of phenolic OH excluding ortho intramolecular Hbond substituents is 1. The molecular formula is C9H10O3. The summed E-state index contributed by atoms with van der Waals surface area (Å²) in [5.74, 6) is -0.844. The molecule has 0 aliphatic rings. The van der Waals surface area contributed by atoms with Crippen LogP contribution in [0, 0.1) is 0 Å². The minimum Gasteiger partial charge on any atom is -0.508 e. The lowest BCUT2D eigenvalue weighted by Gasteiger charge is -2.02. The van der Waals surface area contributed by atoms with Gasteiger partial charge in [-0.05, 0) is 30.2 Å². The number of aromatic carboxylic acids is 1. The highest BCUT2D eigenvalue weighted by Crippen LogP contribution is 2.16. The van der Waals surface area contributed by atoms with Crippen LogP contribution in [0.1, 0.15) is 22.8 Å². The molecule has 0 saturated heterocycles. The van der Waals surface area contributed by atoms with E-state index < -0.39 is 5.97 Å². The highest BCUT2D eigenvalue weighted by molar-refractivity contribution is 5.89. The number of phenols is 1. The molecule has 0 heterocycles. The van der Waals surface area contributed by atoms with Crippen LogP contribution < -0.4 is 0 Å². The Kier molecular flexibility index (Phi) is 2.33. The summed E-state index contributed by atoms with van der Waals surface area (Å²) in [6, 6.07) is 4.27. The van der Waals surface area contributed by atoms with E-state index in [0.29, 0.717) is 12.0 Å². The summed E-state index contributed by atoms with van der Waals surface area (Å²) in [4.78, 5) is 10.6. The number of benzene rings is 1. The number of rotatable bonds is 2. The molecule has 12 heavy (non-hydrogen) atoms. The number of hydrogen-bond donors (Lipinski definition) is 2. The predicted octanol–water partition coefficient (Wildman–Crippen LogP) is 1.65. The van der Waals surface area contributed by atoms with Gasteiger partial charge in [-0.15, -0.1) is 0 Å². The summed E-state index contributed by atoms with van der Waals surface area (Å²) in [6.45, 7) is 1.85. The van der Waals surface area contributed by atoms with Crippen molar-refractivity contribution in [3.63, 3.8) is 0 Å². The second-order valence-electron chi connectivity index (χ2n) is 2.50. The highest BCUT2D eigenvalue weighted by Gasteiger charge is 2.08. The highest BCUT2D eigenvalue weighted by atomic mass is 16.4. The maximum Gasteiger partial charge on any atom is 0.335 e. The van der Waals surface area contributed by atoms with Gasteiger partial charge < -0.3 is 10.2 Å². The molecule has 64 valence electrons. The molecule has 0 bridgehead atoms. The van der Waals surface area contributed by atoms with Crippen molar-refractivity contribution in [3.05, 3.63) is 29.3 Å². The fourth-order valence-electron chi connectivity index (χ4n) is 1.08. The first kappa shape index (κ1) is 8.59. The van der Waals surface area contributed by atoms with Gasteiger partial charge >= 0.3 is 5.97 Å². The minimum absolute atomic E-state index is 0.108. The molecule has 1 aromatic carbocycles. The average molecular weight is 166 g/mol. The minimum atomic E-state index is -0.952. The van der Waals surface area contributed by atoms with E-state index in [0.717, 1.165) is 0 Å². The summed E-state index contributed by atoms with van der Waals surface area (Å²) < 4.78 is 0. The number of carboxylic acid groups (broad SMARTS) is 1. The molecule has 1 aromatic rings. The first-order chi connectivity index (χ1) is 5.65. The monoisotopic (exact) mass is 166 g/mol. The standard InChI is InChI=1S/C9H10O3/c1-2-6-5-7(10)3-4-8(6)9(11)12/h3-5,10H,2H2,1H3,(H,11,12). The van der Waals surface area contributed by atoms with Crippen molar-refractivity contribution in [1.29, 1.82) is 0 Å². The van der Waals surface area contributed by atoms with Gasteiger partial charge in [-0.25, -0.2) is 4.79 Å². The van der Waals surface area contributed by atoms with Gasteiger partial charge in [0.05, 0.1) is 5.56 Å². The SMILES string of the molecule is CCc1cc(O)ccc1C(=O)O. The van der Waals surface area contributed by atoms with E-state index in [1.165, 1.54) is 18.2 Å². The lowest BCUT2D eigenvalue weighted by molar-refractivity contribution is 0.0696. The van der Waals surface area contributed by atoms with Gasteiger partial charge in [-0.2, -0.15) is 0 Å². The Morgan fingerprint density at radius 3 is 2.67 bits per heavy atom. The molecule has 0 spiro atoms. The molecule has 2 N–H and O–H groups in total. The number of carboxylic acids is 1. The third-order valence-corrected chi connectivity index (χ3v) is 1.70. The van der Waals surface area contributed by atoms with E-state index in [-0.39, 0.29) is 11.3 Å². The fourth-order valence-corrected chi connectivity index (χ4v) is 1.08. The molecule has 0 saturated carbocycles. The molecule has 0 amide bonds. The van der Waals surface area contributed by atoms with E-state index in [1.54, 1.807) is 0 Å². The van der Waals surface area contributed by atoms with Crippen molar-refractivity contribution in [3.8, 4) is 5.75 Å². The Morgan fingerprint density at radius 1 is 1.50 bits per heavy atom. The zero-order valence-electron chi connectivity index (χ0n) is 6.74. The summed E-state index contributed by atoms with van der Waals surface area (Å²) >= 11 is 0. The lowest BCUT2D eigenvalue weighted by atomic mass is 10.1. The Hall–Kier alpha value is -1.51. The molecule has 0 fully saturated rings. The van der Waals surface area contributed by atoms with Gasteiger partial charge in [0.1, 0.15) is 5.75 Å². The first-order valence-corrected chi connectivity index (χ1v) is 3.70.